The van der Waals surface area contributed by atoms with E-state index in [2.05, 4.69) is 23.9 Å². The van der Waals surface area contributed by atoms with E-state index in [1.54, 1.807) is 6.33 Å². The maximum Gasteiger partial charge on any atom is 0.138 e. The number of aromatic nitrogens is 3. The maximum atomic E-state index is 10.5. The van der Waals surface area contributed by atoms with Crippen LogP contribution in [0.1, 0.15) is 52.3 Å². The van der Waals surface area contributed by atoms with Gasteiger partial charge in [-0.1, -0.05) is 26.7 Å². The molecular formula is C12H23N3O. The fourth-order valence-corrected chi connectivity index (χ4v) is 2.22. The minimum Gasteiger partial charge on any atom is -0.389 e. The Hall–Kier alpha value is -0.900. The quantitative estimate of drug-likeness (QED) is 0.773. The van der Waals surface area contributed by atoms with Crippen molar-refractivity contribution in [1.29, 1.82) is 0 Å². The lowest BCUT2D eigenvalue weighted by atomic mass is 9.89. The third-order valence-electron chi connectivity index (χ3n) is 2.91. The second-order valence-corrected chi connectivity index (χ2v) is 4.39. The van der Waals surface area contributed by atoms with Crippen molar-refractivity contribution in [1.82, 2.24) is 14.8 Å². The summed E-state index contributed by atoms with van der Waals surface area (Å²) in [4.78, 5) is 4.23. The van der Waals surface area contributed by atoms with E-state index in [9.17, 15) is 5.11 Å². The van der Waals surface area contributed by atoms with Crippen LogP contribution in [0.4, 0.5) is 0 Å². The molecule has 0 aliphatic carbocycles. The van der Waals surface area contributed by atoms with E-state index < -0.39 is 5.60 Å². The highest BCUT2D eigenvalue weighted by Crippen LogP contribution is 2.23. The van der Waals surface area contributed by atoms with Crippen LogP contribution < -0.4 is 0 Å². The van der Waals surface area contributed by atoms with Crippen LogP contribution in [0.2, 0.25) is 0 Å². The standard InChI is InChI=1S/C12H23N3O/c1-4-7-12(16,8-5-2)9-11-13-10-14-15(11)6-3/h10,16H,4-9H2,1-3H3. The van der Waals surface area contributed by atoms with Crippen LogP contribution in [0.25, 0.3) is 0 Å². The van der Waals surface area contributed by atoms with Gasteiger partial charge in [0.25, 0.3) is 0 Å². The molecule has 4 heteroatoms. The van der Waals surface area contributed by atoms with Crippen LogP contribution in [-0.2, 0) is 13.0 Å². The summed E-state index contributed by atoms with van der Waals surface area (Å²) in [5.41, 5.74) is -0.608. The lowest BCUT2D eigenvalue weighted by Crippen LogP contribution is -2.32. The fraction of sp³-hybridized carbons (Fsp3) is 0.833. The summed E-state index contributed by atoms with van der Waals surface area (Å²) >= 11 is 0. The van der Waals surface area contributed by atoms with Gasteiger partial charge in [0.1, 0.15) is 12.2 Å². The third kappa shape index (κ3) is 3.30. The van der Waals surface area contributed by atoms with Crippen molar-refractivity contribution in [3.05, 3.63) is 12.2 Å². The third-order valence-corrected chi connectivity index (χ3v) is 2.91. The van der Waals surface area contributed by atoms with Crippen molar-refractivity contribution in [2.24, 2.45) is 0 Å². The van der Waals surface area contributed by atoms with Crippen molar-refractivity contribution >= 4 is 0 Å². The average molecular weight is 225 g/mol. The molecule has 1 rings (SSSR count). The second kappa shape index (κ2) is 5.99. The maximum absolute atomic E-state index is 10.5. The molecule has 16 heavy (non-hydrogen) atoms. The summed E-state index contributed by atoms with van der Waals surface area (Å²) in [6.07, 6.45) is 5.84. The van der Waals surface area contributed by atoms with Gasteiger partial charge in [-0.2, -0.15) is 5.10 Å². The molecule has 0 amide bonds. The van der Waals surface area contributed by atoms with Crippen LogP contribution in [0, 0.1) is 0 Å². The fourth-order valence-electron chi connectivity index (χ4n) is 2.22. The first-order valence-electron chi connectivity index (χ1n) is 6.24. The van der Waals surface area contributed by atoms with E-state index >= 15 is 0 Å². The molecule has 0 bridgehead atoms. The molecule has 1 heterocycles. The van der Waals surface area contributed by atoms with Gasteiger partial charge in [0.05, 0.1) is 5.60 Å². The smallest absolute Gasteiger partial charge is 0.138 e. The molecule has 1 aromatic rings. The first-order valence-corrected chi connectivity index (χ1v) is 6.24. The van der Waals surface area contributed by atoms with Crippen molar-refractivity contribution in [3.63, 3.8) is 0 Å². The van der Waals surface area contributed by atoms with Crippen molar-refractivity contribution in [2.75, 3.05) is 0 Å². The molecule has 92 valence electrons. The molecule has 0 spiro atoms. The summed E-state index contributed by atoms with van der Waals surface area (Å²) < 4.78 is 1.86. The van der Waals surface area contributed by atoms with E-state index in [4.69, 9.17) is 0 Å². The molecule has 0 aliphatic rings. The number of hydrogen-bond donors (Lipinski definition) is 1. The van der Waals surface area contributed by atoms with Gasteiger partial charge in [0.2, 0.25) is 0 Å². The van der Waals surface area contributed by atoms with Gasteiger partial charge in [0, 0.05) is 13.0 Å². The van der Waals surface area contributed by atoms with Crippen LogP contribution >= 0.6 is 0 Å². The summed E-state index contributed by atoms with van der Waals surface area (Å²) in [7, 11) is 0. The summed E-state index contributed by atoms with van der Waals surface area (Å²) in [5.74, 6) is 0.895. The lowest BCUT2D eigenvalue weighted by molar-refractivity contribution is 0.0188. The first-order chi connectivity index (χ1) is 7.65. The van der Waals surface area contributed by atoms with Crippen molar-refractivity contribution in [2.45, 2.75) is 65.0 Å². The molecule has 0 radical (unpaired) electrons. The van der Waals surface area contributed by atoms with Gasteiger partial charge in [-0.15, -0.1) is 0 Å². The first kappa shape index (κ1) is 13.2. The Morgan fingerprint density at radius 1 is 1.25 bits per heavy atom. The van der Waals surface area contributed by atoms with E-state index in [-0.39, 0.29) is 0 Å². The number of aliphatic hydroxyl groups is 1. The second-order valence-electron chi connectivity index (χ2n) is 4.39. The zero-order valence-corrected chi connectivity index (χ0v) is 10.6. The monoisotopic (exact) mass is 225 g/mol. The Kier molecular flexibility index (Phi) is 4.93. The number of nitrogens with zero attached hydrogens (tertiary/aromatic N) is 3. The zero-order chi connectivity index (χ0) is 12.0. The highest BCUT2D eigenvalue weighted by molar-refractivity contribution is 4.94. The molecule has 0 unspecified atom stereocenters. The van der Waals surface area contributed by atoms with Gasteiger partial charge in [-0.3, -0.25) is 4.68 Å². The van der Waals surface area contributed by atoms with Crippen molar-refractivity contribution < 1.29 is 5.11 Å². The van der Waals surface area contributed by atoms with Gasteiger partial charge < -0.3 is 5.11 Å². The molecule has 0 aromatic carbocycles. The normalized spacial score (nSPS) is 12.0. The molecule has 0 saturated heterocycles. The molecule has 1 N–H and O–H groups in total. The minimum atomic E-state index is -0.608. The van der Waals surface area contributed by atoms with Crippen LogP contribution in [0.15, 0.2) is 6.33 Å². The predicted molar refractivity (Wildman–Crippen MR) is 64.2 cm³/mol. The van der Waals surface area contributed by atoms with E-state index in [1.807, 2.05) is 11.6 Å². The molecule has 0 atom stereocenters. The molecule has 0 saturated carbocycles. The minimum absolute atomic E-state index is 0.608. The van der Waals surface area contributed by atoms with E-state index in [0.717, 1.165) is 38.1 Å². The van der Waals surface area contributed by atoms with E-state index in [1.165, 1.54) is 0 Å². The SMILES string of the molecule is CCCC(O)(CCC)Cc1ncnn1CC. The number of rotatable bonds is 7. The highest BCUT2D eigenvalue weighted by atomic mass is 16.3. The Morgan fingerprint density at radius 2 is 1.88 bits per heavy atom. The summed E-state index contributed by atoms with van der Waals surface area (Å²) in [6, 6.07) is 0. The Balaban J connectivity index is 2.74. The average Bonchev–Trinajstić information content (AvgIpc) is 2.65. The Morgan fingerprint density at radius 3 is 2.38 bits per heavy atom. The Bertz CT molecular complexity index is 303. The van der Waals surface area contributed by atoms with Crippen LogP contribution in [-0.4, -0.2) is 25.5 Å². The summed E-state index contributed by atoms with van der Waals surface area (Å²) in [5, 5.41) is 14.7. The molecule has 0 fully saturated rings. The largest absolute Gasteiger partial charge is 0.389 e. The molecular weight excluding hydrogens is 202 g/mol. The Labute approximate surface area is 97.7 Å². The zero-order valence-electron chi connectivity index (χ0n) is 10.6. The number of hydrogen-bond acceptors (Lipinski definition) is 3. The summed E-state index contributed by atoms with van der Waals surface area (Å²) in [6.45, 7) is 7.05. The lowest BCUT2D eigenvalue weighted by Gasteiger charge is -2.27. The molecule has 0 aliphatic heterocycles. The predicted octanol–water partition coefficient (Wildman–Crippen LogP) is 2.17. The van der Waals surface area contributed by atoms with Gasteiger partial charge in [0.15, 0.2) is 0 Å². The van der Waals surface area contributed by atoms with Gasteiger partial charge in [-0.05, 0) is 19.8 Å². The molecule has 4 nitrogen and oxygen atoms in total. The number of aryl methyl sites for hydroxylation is 1. The van der Waals surface area contributed by atoms with Crippen molar-refractivity contribution in [3.8, 4) is 0 Å². The van der Waals surface area contributed by atoms with Crippen LogP contribution in [0.3, 0.4) is 0 Å². The highest BCUT2D eigenvalue weighted by Gasteiger charge is 2.27. The topological polar surface area (TPSA) is 50.9 Å². The molecule has 1 aromatic heterocycles. The van der Waals surface area contributed by atoms with Gasteiger partial charge in [-0.25, -0.2) is 4.98 Å². The van der Waals surface area contributed by atoms with E-state index in [0.29, 0.717) is 6.42 Å². The van der Waals surface area contributed by atoms with Crippen LogP contribution in [0.5, 0.6) is 0 Å². The van der Waals surface area contributed by atoms with Gasteiger partial charge >= 0.3 is 0 Å².